The van der Waals surface area contributed by atoms with Gasteiger partial charge in [0.05, 0.1) is 12.7 Å². The lowest BCUT2D eigenvalue weighted by atomic mass is 9.96. The van der Waals surface area contributed by atoms with Crippen molar-refractivity contribution in [1.82, 2.24) is 10.6 Å². The molecule has 1 saturated heterocycles. The summed E-state index contributed by atoms with van der Waals surface area (Å²) in [4.78, 5) is 12.2. The fourth-order valence-corrected chi connectivity index (χ4v) is 2.69. The van der Waals surface area contributed by atoms with Gasteiger partial charge in [0.2, 0.25) is 0 Å². The van der Waals surface area contributed by atoms with Crippen molar-refractivity contribution in [2.45, 2.75) is 19.3 Å². The first-order chi connectivity index (χ1) is 9.70. The second-order valence-corrected chi connectivity index (χ2v) is 5.54. The molecule has 1 amide bonds. The molecule has 0 bridgehead atoms. The zero-order chi connectivity index (χ0) is 14.4. The number of amides is 1. The lowest BCUT2D eigenvalue weighted by molar-refractivity contribution is 0.0947. The number of halogens is 2. The Labute approximate surface area is 137 Å². The average Bonchev–Trinajstić information content (AvgIpc) is 2.48. The van der Waals surface area contributed by atoms with Crippen molar-refractivity contribution in [2.24, 2.45) is 5.92 Å². The minimum atomic E-state index is -0.131. The van der Waals surface area contributed by atoms with Gasteiger partial charge in [0.25, 0.3) is 5.91 Å². The first-order valence-electron chi connectivity index (χ1n) is 7.03. The average molecular weight is 333 g/mol. The van der Waals surface area contributed by atoms with Crippen LogP contribution in [-0.4, -0.2) is 32.7 Å². The molecule has 1 aromatic carbocycles. The van der Waals surface area contributed by atoms with E-state index in [-0.39, 0.29) is 18.3 Å². The lowest BCUT2D eigenvalue weighted by Gasteiger charge is -2.22. The van der Waals surface area contributed by atoms with Crippen molar-refractivity contribution in [1.29, 1.82) is 0 Å². The maximum Gasteiger partial charge on any atom is 0.255 e. The van der Waals surface area contributed by atoms with Gasteiger partial charge in [-0.1, -0.05) is 11.6 Å². The van der Waals surface area contributed by atoms with Crippen LogP contribution >= 0.6 is 24.0 Å². The number of hydrogen-bond donors (Lipinski definition) is 2. The molecule has 1 aliphatic heterocycles. The Kier molecular flexibility index (Phi) is 7.86. The molecular formula is C15H22Cl2N2O2. The number of piperidine rings is 1. The van der Waals surface area contributed by atoms with E-state index in [2.05, 4.69) is 10.6 Å². The highest BCUT2D eigenvalue weighted by Gasteiger charge is 2.15. The first kappa shape index (κ1) is 18.1. The summed E-state index contributed by atoms with van der Waals surface area (Å²) in [5.41, 5.74) is 0.488. The van der Waals surface area contributed by atoms with E-state index in [9.17, 15) is 4.79 Å². The molecular weight excluding hydrogens is 311 g/mol. The van der Waals surface area contributed by atoms with E-state index in [4.69, 9.17) is 16.3 Å². The fraction of sp³-hybridized carbons (Fsp3) is 0.533. The van der Waals surface area contributed by atoms with E-state index < -0.39 is 0 Å². The second-order valence-electron chi connectivity index (χ2n) is 5.10. The monoisotopic (exact) mass is 332 g/mol. The molecule has 1 fully saturated rings. The van der Waals surface area contributed by atoms with Crippen LogP contribution < -0.4 is 15.4 Å². The molecule has 0 saturated carbocycles. The third-order valence-electron chi connectivity index (χ3n) is 3.64. The molecule has 118 valence electrons. The number of rotatable bonds is 5. The van der Waals surface area contributed by atoms with Crippen molar-refractivity contribution < 1.29 is 9.53 Å². The van der Waals surface area contributed by atoms with E-state index in [1.54, 1.807) is 25.3 Å². The standard InChI is InChI=1S/C15H21ClN2O2.ClH/c1-20-14-5-4-12(16)9-13(14)15(19)18-8-6-11-3-2-7-17-10-11;/h4-5,9,11,17H,2-3,6-8,10H2,1H3,(H,18,19);1H. The predicted molar refractivity (Wildman–Crippen MR) is 87.8 cm³/mol. The molecule has 1 atom stereocenters. The molecule has 1 aromatic rings. The van der Waals surface area contributed by atoms with Crippen LogP contribution in [0.4, 0.5) is 0 Å². The van der Waals surface area contributed by atoms with E-state index in [1.807, 2.05) is 0 Å². The number of ether oxygens (including phenoxy) is 1. The van der Waals surface area contributed by atoms with Gasteiger partial charge >= 0.3 is 0 Å². The smallest absolute Gasteiger partial charge is 0.255 e. The van der Waals surface area contributed by atoms with Crippen LogP contribution in [0.25, 0.3) is 0 Å². The number of nitrogens with one attached hydrogen (secondary N) is 2. The highest BCUT2D eigenvalue weighted by atomic mass is 35.5. The molecule has 1 unspecified atom stereocenters. The topological polar surface area (TPSA) is 50.4 Å². The van der Waals surface area contributed by atoms with Crippen molar-refractivity contribution in [3.8, 4) is 5.75 Å². The van der Waals surface area contributed by atoms with Crippen molar-refractivity contribution in [3.05, 3.63) is 28.8 Å². The van der Waals surface area contributed by atoms with Crippen LogP contribution in [0, 0.1) is 5.92 Å². The quantitative estimate of drug-likeness (QED) is 0.871. The van der Waals surface area contributed by atoms with Gasteiger partial charge in [0.1, 0.15) is 5.75 Å². The Bertz CT molecular complexity index is 463. The molecule has 2 rings (SSSR count). The van der Waals surface area contributed by atoms with Crippen LogP contribution in [0.15, 0.2) is 18.2 Å². The third kappa shape index (κ3) is 5.38. The number of methoxy groups -OCH3 is 1. The number of benzene rings is 1. The maximum atomic E-state index is 12.2. The predicted octanol–water partition coefficient (Wildman–Crippen LogP) is 2.89. The van der Waals surface area contributed by atoms with Gasteiger partial charge in [-0.15, -0.1) is 12.4 Å². The summed E-state index contributed by atoms with van der Waals surface area (Å²) in [7, 11) is 1.55. The molecule has 0 radical (unpaired) electrons. The van der Waals surface area contributed by atoms with Crippen LogP contribution in [0.5, 0.6) is 5.75 Å². The second kappa shape index (κ2) is 9.13. The zero-order valence-corrected chi connectivity index (χ0v) is 13.7. The Balaban J connectivity index is 0.00000220. The summed E-state index contributed by atoms with van der Waals surface area (Å²) in [6.45, 7) is 2.85. The Morgan fingerprint density at radius 1 is 1.52 bits per heavy atom. The van der Waals surface area contributed by atoms with Gasteiger partial charge in [0.15, 0.2) is 0 Å². The van der Waals surface area contributed by atoms with Gasteiger partial charge in [-0.05, 0) is 56.5 Å². The number of hydrogen-bond acceptors (Lipinski definition) is 3. The summed E-state index contributed by atoms with van der Waals surface area (Å²) in [5, 5.41) is 6.86. The molecule has 6 heteroatoms. The van der Waals surface area contributed by atoms with Gasteiger partial charge < -0.3 is 15.4 Å². The van der Waals surface area contributed by atoms with E-state index in [1.165, 1.54) is 12.8 Å². The highest BCUT2D eigenvalue weighted by Crippen LogP contribution is 2.22. The molecule has 0 aliphatic carbocycles. The Hall–Kier alpha value is -0.970. The fourth-order valence-electron chi connectivity index (χ4n) is 2.51. The maximum absolute atomic E-state index is 12.2. The third-order valence-corrected chi connectivity index (χ3v) is 3.88. The summed E-state index contributed by atoms with van der Waals surface area (Å²) in [5.74, 6) is 1.07. The molecule has 0 spiro atoms. The highest BCUT2D eigenvalue weighted by molar-refractivity contribution is 6.31. The molecule has 1 heterocycles. The van der Waals surface area contributed by atoms with Crippen molar-refractivity contribution >= 4 is 29.9 Å². The summed E-state index contributed by atoms with van der Waals surface area (Å²) >= 11 is 5.93. The minimum absolute atomic E-state index is 0. The lowest BCUT2D eigenvalue weighted by Crippen LogP contribution is -2.33. The SMILES string of the molecule is COc1ccc(Cl)cc1C(=O)NCCC1CCCNC1.Cl. The molecule has 1 aliphatic rings. The van der Waals surface area contributed by atoms with Crippen LogP contribution in [0.1, 0.15) is 29.6 Å². The zero-order valence-electron chi connectivity index (χ0n) is 12.2. The molecule has 4 nitrogen and oxygen atoms in total. The first-order valence-corrected chi connectivity index (χ1v) is 7.41. The molecule has 21 heavy (non-hydrogen) atoms. The van der Waals surface area contributed by atoms with Crippen molar-refractivity contribution in [3.63, 3.8) is 0 Å². The summed E-state index contributed by atoms with van der Waals surface area (Å²) < 4.78 is 5.19. The van der Waals surface area contributed by atoms with Gasteiger partial charge in [-0.25, -0.2) is 0 Å². The normalized spacial score (nSPS) is 17.7. The van der Waals surface area contributed by atoms with Gasteiger partial charge in [0, 0.05) is 11.6 Å². The van der Waals surface area contributed by atoms with Crippen LogP contribution in [0.3, 0.4) is 0 Å². The van der Waals surface area contributed by atoms with Gasteiger partial charge in [-0.3, -0.25) is 4.79 Å². The van der Waals surface area contributed by atoms with Crippen LogP contribution in [0.2, 0.25) is 5.02 Å². The van der Waals surface area contributed by atoms with Gasteiger partial charge in [-0.2, -0.15) is 0 Å². The van der Waals surface area contributed by atoms with E-state index >= 15 is 0 Å². The minimum Gasteiger partial charge on any atom is -0.496 e. The summed E-state index contributed by atoms with van der Waals surface area (Å²) in [6.07, 6.45) is 3.46. The van der Waals surface area contributed by atoms with Crippen LogP contribution in [-0.2, 0) is 0 Å². The molecule has 0 aromatic heterocycles. The van der Waals surface area contributed by atoms with Crippen molar-refractivity contribution in [2.75, 3.05) is 26.7 Å². The molecule has 2 N–H and O–H groups in total. The number of carbonyl (C=O) groups excluding carboxylic acids is 1. The van der Waals surface area contributed by atoms with E-state index in [0.717, 1.165) is 19.5 Å². The largest absolute Gasteiger partial charge is 0.496 e. The Morgan fingerprint density at radius 3 is 3.00 bits per heavy atom. The summed E-state index contributed by atoms with van der Waals surface area (Å²) in [6, 6.07) is 5.06. The number of carbonyl (C=O) groups is 1. The van der Waals surface area contributed by atoms with E-state index in [0.29, 0.717) is 28.8 Å². The Morgan fingerprint density at radius 2 is 2.33 bits per heavy atom.